The quantitative estimate of drug-likeness (QED) is 0.595. The van der Waals surface area contributed by atoms with Crippen molar-refractivity contribution in [1.82, 2.24) is 10.3 Å². The molecule has 2 N–H and O–H groups in total. The molecule has 1 rings (SSSR count). The van der Waals surface area contributed by atoms with Gasteiger partial charge in [0.2, 0.25) is 0 Å². The van der Waals surface area contributed by atoms with Gasteiger partial charge in [0.05, 0.1) is 13.2 Å². The van der Waals surface area contributed by atoms with Crippen LogP contribution in [0, 0.1) is 0 Å². The SMILES string of the molecule is COCCOCCCCNCc1cc[nH]c1. The molecule has 0 radical (unpaired) electrons. The summed E-state index contributed by atoms with van der Waals surface area (Å²) in [6.07, 6.45) is 6.21. The Labute approximate surface area is 97.3 Å². The molecule has 0 bridgehead atoms. The van der Waals surface area contributed by atoms with Crippen LogP contribution in [-0.2, 0) is 16.0 Å². The van der Waals surface area contributed by atoms with Crippen molar-refractivity contribution in [3.8, 4) is 0 Å². The molecule has 0 unspecified atom stereocenters. The van der Waals surface area contributed by atoms with E-state index in [1.165, 1.54) is 5.56 Å². The molecule has 0 saturated heterocycles. The fourth-order valence-electron chi connectivity index (χ4n) is 1.40. The Balaban J connectivity index is 1.78. The molecule has 4 heteroatoms. The summed E-state index contributed by atoms with van der Waals surface area (Å²) in [4.78, 5) is 3.04. The van der Waals surface area contributed by atoms with Crippen LogP contribution in [0.15, 0.2) is 18.5 Å². The highest BCUT2D eigenvalue weighted by Gasteiger charge is 1.92. The lowest BCUT2D eigenvalue weighted by atomic mass is 10.3. The zero-order valence-corrected chi connectivity index (χ0v) is 10.00. The van der Waals surface area contributed by atoms with Crippen molar-refractivity contribution < 1.29 is 9.47 Å². The molecule has 16 heavy (non-hydrogen) atoms. The zero-order valence-electron chi connectivity index (χ0n) is 10.00. The minimum Gasteiger partial charge on any atom is -0.382 e. The number of aromatic nitrogens is 1. The van der Waals surface area contributed by atoms with Gasteiger partial charge in [0.1, 0.15) is 0 Å². The lowest BCUT2D eigenvalue weighted by molar-refractivity contribution is 0.0688. The summed E-state index contributed by atoms with van der Waals surface area (Å²) in [5.74, 6) is 0. The minimum atomic E-state index is 0.686. The Hall–Kier alpha value is -0.840. The molecule has 0 amide bonds. The molecule has 4 nitrogen and oxygen atoms in total. The maximum Gasteiger partial charge on any atom is 0.0700 e. The molecule has 0 aliphatic rings. The molecule has 1 aromatic rings. The fourth-order valence-corrected chi connectivity index (χ4v) is 1.40. The molecule has 0 spiro atoms. The Morgan fingerprint density at radius 2 is 2.19 bits per heavy atom. The average Bonchev–Trinajstić information content (AvgIpc) is 2.80. The number of methoxy groups -OCH3 is 1. The second-order valence-corrected chi connectivity index (χ2v) is 3.71. The van der Waals surface area contributed by atoms with Crippen LogP contribution in [0.2, 0.25) is 0 Å². The van der Waals surface area contributed by atoms with Gasteiger partial charge in [-0.1, -0.05) is 0 Å². The van der Waals surface area contributed by atoms with E-state index in [1.54, 1.807) is 7.11 Å². The number of hydrogen-bond donors (Lipinski definition) is 2. The number of H-pyrrole nitrogens is 1. The first-order chi connectivity index (χ1) is 7.93. The third-order valence-electron chi connectivity index (χ3n) is 2.32. The topological polar surface area (TPSA) is 46.3 Å². The summed E-state index contributed by atoms with van der Waals surface area (Å²) in [5.41, 5.74) is 1.30. The molecule has 0 saturated carbocycles. The number of ether oxygens (including phenoxy) is 2. The summed E-state index contributed by atoms with van der Waals surface area (Å²) in [7, 11) is 1.69. The first-order valence-corrected chi connectivity index (χ1v) is 5.82. The highest BCUT2D eigenvalue weighted by Crippen LogP contribution is 1.95. The van der Waals surface area contributed by atoms with Crippen molar-refractivity contribution in [1.29, 1.82) is 0 Å². The van der Waals surface area contributed by atoms with Crippen LogP contribution in [0.5, 0.6) is 0 Å². The summed E-state index contributed by atoms with van der Waals surface area (Å²) in [6.45, 7) is 4.20. The second-order valence-electron chi connectivity index (χ2n) is 3.71. The fraction of sp³-hybridized carbons (Fsp3) is 0.667. The van der Waals surface area contributed by atoms with E-state index in [-0.39, 0.29) is 0 Å². The van der Waals surface area contributed by atoms with E-state index in [0.717, 1.165) is 32.5 Å². The van der Waals surface area contributed by atoms with Gasteiger partial charge < -0.3 is 19.8 Å². The first-order valence-electron chi connectivity index (χ1n) is 5.82. The van der Waals surface area contributed by atoms with Gasteiger partial charge in [-0.15, -0.1) is 0 Å². The monoisotopic (exact) mass is 226 g/mol. The van der Waals surface area contributed by atoms with Crippen LogP contribution < -0.4 is 5.32 Å². The normalized spacial score (nSPS) is 10.8. The molecule has 0 fully saturated rings. The minimum absolute atomic E-state index is 0.686. The van der Waals surface area contributed by atoms with Crippen LogP contribution in [0.4, 0.5) is 0 Å². The molecule has 0 aromatic carbocycles. The predicted octanol–water partition coefficient (Wildman–Crippen LogP) is 1.55. The van der Waals surface area contributed by atoms with Crippen molar-refractivity contribution in [3.05, 3.63) is 24.0 Å². The molecular weight excluding hydrogens is 204 g/mol. The number of aromatic amines is 1. The lowest BCUT2D eigenvalue weighted by Gasteiger charge is -2.04. The maximum absolute atomic E-state index is 5.37. The van der Waals surface area contributed by atoms with Crippen LogP contribution in [0.1, 0.15) is 18.4 Å². The van der Waals surface area contributed by atoms with Gasteiger partial charge in [-0.25, -0.2) is 0 Å². The first kappa shape index (κ1) is 13.2. The van der Waals surface area contributed by atoms with E-state index >= 15 is 0 Å². The van der Waals surface area contributed by atoms with E-state index < -0.39 is 0 Å². The van der Waals surface area contributed by atoms with Crippen molar-refractivity contribution >= 4 is 0 Å². The van der Waals surface area contributed by atoms with Gasteiger partial charge in [-0.3, -0.25) is 0 Å². The van der Waals surface area contributed by atoms with Crippen molar-refractivity contribution in [2.75, 3.05) is 33.5 Å². The Morgan fingerprint density at radius 3 is 2.94 bits per heavy atom. The Bertz CT molecular complexity index is 237. The summed E-state index contributed by atoms with van der Waals surface area (Å²) in [5, 5.41) is 3.39. The second kappa shape index (κ2) is 9.39. The number of unbranched alkanes of at least 4 members (excludes halogenated alkanes) is 1. The molecule has 92 valence electrons. The number of hydrogen-bond acceptors (Lipinski definition) is 3. The summed E-state index contributed by atoms with van der Waals surface area (Å²) < 4.78 is 10.3. The van der Waals surface area contributed by atoms with Gasteiger partial charge in [0.15, 0.2) is 0 Å². The predicted molar refractivity (Wildman–Crippen MR) is 64.4 cm³/mol. The highest BCUT2D eigenvalue weighted by molar-refractivity contribution is 5.07. The van der Waals surface area contributed by atoms with Gasteiger partial charge in [0, 0.05) is 32.7 Å². The highest BCUT2D eigenvalue weighted by atomic mass is 16.5. The third-order valence-corrected chi connectivity index (χ3v) is 2.32. The van der Waals surface area contributed by atoms with Gasteiger partial charge in [-0.05, 0) is 31.0 Å². The summed E-state index contributed by atoms with van der Waals surface area (Å²) >= 11 is 0. The standard InChI is InChI=1S/C12H22N2O2/c1-15-8-9-16-7-3-2-5-13-10-12-4-6-14-11-12/h4,6,11,13-14H,2-3,5,7-10H2,1H3. The smallest absolute Gasteiger partial charge is 0.0700 e. The Kier molecular flexibility index (Phi) is 7.76. The van der Waals surface area contributed by atoms with Gasteiger partial charge in [-0.2, -0.15) is 0 Å². The van der Waals surface area contributed by atoms with E-state index in [9.17, 15) is 0 Å². The number of rotatable bonds is 10. The van der Waals surface area contributed by atoms with Crippen LogP contribution in [-0.4, -0.2) is 38.5 Å². The van der Waals surface area contributed by atoms with Crippen molar-refractivity contribution in [2.24, 2.45) is 0 Å². The molecular formula is C12H22N2O2. The molecule has 1 heterocycles. The third kappa shape index (κ3) is 6.61. The summed E-state index contributed by atoms with van der Waals surface area (Å²) in [6, 6.07) is 2.08. The van der Waals surface area contributed by atoms with Crippen LogP contribution in [0.25, 0.3) is 0 Å². The number of nitrogens with one attached hydrogen (secondary N) is 2. The van der Waals surface area contributed by atoms with E-state index in [1.807, 2.05) is 12.4 Å². The largest absolute Gasteiger partial charge is 0.382 e. The lowest BCUT2D eigenvalue weighted by Crippen LogP contribution is -2.15. The zero-order chi connectivity index (χ0) is 11.5. The Morgan fingerprint density at radius 1 is 1.25 bits per heavy atom. The van der Waals surface area contributed by atoms with E-state index in [0.29, 0.717) is 13.2 Å². The van der Waals surface area contributed by atoms with Gasteiger partial charge >= 0.3 is 0 Å². The van der Waals surface area contributed by atoms with E-state index in [4.69, 9.17) is 9.47 Å². The average molecular weight is 226 g/mol. The van der Waals surface area contributed by atoms with Crippen LogP contribution in [0.3, 0.4) is 0 Å². The molecule has 0 aliphatic carbocycles. The maximum atomic E-state index is 5.37. The van der Waals surface area contributed by atoms with Crippen molar-refractivity contribution in [2.45, 2.75) is 19.4 Å². The molecule has 1 aromatic heterocycles. The molecule has 0 atom stereocenters. The molecule has 0 aliphatic heterocycles. The van der Waals surface area contributed by atoms with E-state index in [2.05, 4.69) is 16.4 Å². The van der Waals surface area contributed by atoms with Crippen LogP contribution >= 0.6 is 0 Å². The van der Waals surface area contributed by atoms with Gasteiger partial charge in [0.25, 0.3) is 0 Å². The van der Waals surface area contributed by atoms with Crippen molar-refractivity contribution in [3.63, 3.8) is 0 Å².